The molecule has 0 radical (unpaired) electrons. The van der Waals surface area contributed by atoms with Crippen molar-refractivity contribution in [3.05, 3.63) is 18.0 Å². The molecule has 1 fully saturated rings. The van der Waals surface area contributed by atoms with E-state index in [1.807, 2.05) is 0 Å². The van der Waals surface area contributed by atoms with E-state index >= 15 is 0 Å². The number of aromatic nitrogens is 1. The molecule has 0 saturated carbocycles. The number of hydrogen-bond donors (Lipinski definition) is 3. The number of ether oxygens (including phenoxy) is 4. The topological polar surface area (TPSA) is 176 Å². The van der Waals surface area contributed by atoms with E-state index in [1.165, 1.54) is 26.3 Å². The number of nitrogens with zero attached hydrogens (tertiary/aromatic N) is 1. The number of aromatic hydroxyl groups is 1. The summed E-state index contributed by atoms with van der Waals surface area (Å²) in [5.41, 5.74) is 5.21. The lowest BCUT2D eigenvalue weighted by Crippen LogP contribution is -2.47. The van der Waals surface area contributed by atoms with Gasteiger partial charge in [-0.05, 0) is 6.92 Å². The fourth-order valence-corrected chi connectivity index (χ4v) is 2.83. The Morgan fingerprint density at radius 1 is 1.37 bits per heavy atom. The van der Waals surface area contributed by atoms with Crippen LogP contribution in [0.3, 0.4) is 0 Å². The molecule has 1 aliphatic rings. The third-order valence-electron chi connectivity index (χ3n) is 4.32. The van der Waals surface area contributed by atoms with Gasteiger partial charge in [0.25, 0.3) is 5.91 Å². The summed E-state index contributed by atoms with van der Waals surface area (Å²) in [4.78, 5) is 52.6. The third-order valence-corrected chi connectivity index (χ3v) is 4.32. The Kier molecular flexibility index (Phi) is 7.53. The van der Waals surface area contributed by atoms with Crippen LogP contribution in [0.2, 0.25) is 0 Å². The molecule has 2 rings (SSSR count). The second kappa shape index (κ2) is 9.87. The molecule has 4 atom stereocenters. The summed E-state index contributed by atoms with van der Waals surface area (Å²) in [6.07, 6.45) is -0.988. The van der Waals surface area contributed by atoms with Crippen molar-refractivity contribution < 1.29 is 43.2 Å². The molecule has 30 heavy (non-hydrogen) atoms. The van der Waals surface area contributed by atoms with Crippen LogP contribution in [0.1, 0.15) is 24.3 Å². The molecule has 0 aliphatic carbocycles. The summed E-state index contributed by atoms with van der Waals surface area (Å²) < 4.78 is 20.4. The lowest BCUT2D eigenvalue weighted by Gasteiger charge is -2.27. The second-order valence-electron chi connectivity index (χ2n) is 6.42. The largest absolute Gasteiger partial charge is 0.503 e. The Hall–Kier alpha value is -3.41. The number of cyclic esters (lactones) is 2. The van der Waals surface area contributed by atoms with Crippen LogP contribution in [-0.2, 0) is 28.6 Å². The molecule has 0 aromatic carbocycles. The average molecular weight is 425 g/mol. The SMILES string of the molecule is COc1ccnc(C(=O)N[C@H]2COC(=O)[C@H](CN)C(OC(C)=O)[C@H](C)OC2=O)c1O. The summed E-state index contributed by atoms with van der Waals surface area (Å²) in [6.45, 7) is 1.76. The molecule has 0 bridgehead atoms. The maximum Gasteiger partial charge on any atom is 0.332 e. The van der Waals surface area contributed by atoms with Crippen LogP contribution in [0, 0.1) is 5.92 Å². The van der Waals surface area contributed by atoms with Crippen LogP contribution in [0.15, 0.2) is 12.3 Å². The Balaban J connectivity index is 2.25. The molecule has 2 heterocycles. The van der Waals surface area contributed by atoms with Gasteiger partial charge in [-0.2, -0.15) is 0 Å². The molecule has 1 aliphatic heterocycles. The molecule has 1 unspecified atom stereocenters. The van der Waals surface area contributed by atoms with Crippen LogP contribution in [-0.4, -0.2) is 72.4 Å². The summed E-state index contributed by atoms with van der Waals surface area (Å²) in [6, 6.07) is -0.0721. The lowest BCUT2D eigenvalue weighted by atomic mass is 9.98. The average Bonchev–Trinajstić information content (AvgIpc) is 2.73. The van der Waals surface area contributed by atoms with E-state index in [4.69, 9.17) is 24.7 Å². The van der Waals surface area contributed by atoms with Crippen molar-refractivity contribution in [1.29, 1.82) is 0 Å². The standard InChI is InChI=1S/C18H23N3O9/c1-8-15(30-9(2)22)10(6-19)17(25)28-7-11(18(26)29-8)21-16(24)13-14(23)12(27-3)4-5-20-13/h4-5,8,10-11,15,23H,6-7,19H2,1-3H3,(H,21,24)/t8-,10+,11-,15?/m0/s1. The first-order valence-electron chi connectivity index (χ1n) is 8.96. The van der Waals surface area contributed by atoms with Crippen molar-refractivity contribution in [3.63, 3.8) is 0 Å². The normalized spacial score (nSPS) is 24.4. The van der Waals surface area contributed by atoms with Gasteiger partial charge in [0.1, 0.15) is 18.6 Å². The first-order valence-corrected chi connectivity index (χ1v) is 8.96. The molecule has 1 saturated heterocycles. The molecule has 12 heteroatoms. The van der Waals surface area contributed by atoms with Gasteiger partial charge in [-0.1, -0.05) is 0 Å². The van der Waals surface area contributed by atoms with Crippen LogP contribution >= 0.6 is 0 Å². The van der Waals surface area contributed by atoms with E-state index in [0.29, 0.717) is 0 Å². The first kappa shape index (κ1) is 22.9. The number of hydrogen-bond acceptors (Lipinski definition) is 11. The number of carbonyl (C=O) groups is 4. The number of carbonyl (C=O) groups excluding carboxylic acids is 4. The van der Waals surface area contributed by atoms with E-state index in [-0.39, 0.29) is 12.3 Å². The Morgan fingerprint density at radius 2 is 2.07 bits per heavy atom. The minimum Gasteiger partial charge on any atom is -0.503 e. The van der Waals surface area contributed by atoms with Crippen molar-refractivity contribution in [2.45, 2.75) is 32.1 Å². The number of nitrogens with two attached hydrogens (primary N) is 1. The molecule has 1 amide bonds. The minimum atomic E-state index is -1.41. The van der Waals surface area contributed by atoms with Crippen molar-refractivity contribution in [2.24, 2.45) is 11.7 Å². The van der Waals surface area contributed by atoms with Gasteiger partial charge in [0.05, 0.1) is 7.11 Å². The maximum atomic E-state index is 12.5. The molecule has 1 aromatic rings. The number of esters is 3. The molecule has 164 valence electrons. The van der Waals surface area contributed by atoms with Crippen molar-refractivity contribution >= 4 is 23.8 Å². The Bertz CT molecular complexity index is 829. The molecule has 12 nitrogen and oxygen atoms in total. The van der Waals surface area contributed by atoms with Crippen LogP contribution in [0.25, 0.3) is 0 Å². The summed E-state index contributed by atoms with van der Waals surface area (Å²) in [7, 11) is 1.29. The second-order valence-corrected chi connectivity index (χ2v) is 6.42. The van der Waals surface area contributed by atoms with Gasteiger partial charge >= 0.3 is 17.9 Å². The van der Waals surface area contributed by atoms with E-state index in [0.717, 1.165) is 6.92 Å². The highest BCUT2D eigenvalue weighted by atomic mass is 16.6. The molecule has 1 aromatic heterocycles. The summed E-state index contributed by atoms with van der Waals surface area (Å²) in [5, 5.41) is 12.4. The highest BCUT2D eigenvalue weighted by molar-refractivity contribution is 5.98. The van der Waals surface area contributed by atoms with Gasteiger partial charge in [0.15, 0.2) is 29.3 Å². The van der Waals surface area contributed by atoms with E-state index in [9.17, 15) is 24.3 Å². The number of rotatable bonds is 5. The van der Waals surface area contributed by atoms with Crippen molar-refractivity contribution in [3.8, 4) is 11.5 Å². The lowest BCUT2D eigenvalue weighted by molar-refractivity contribution is -0.172. The monoisotopic (exact) mass is 425 g/mol. The fourth-order valence-electron chi connectivity index (χ4n) is 2.83. The Labute approximate surface area is 171 Å². The van der Waals surface area contributed by atoms with Gasteiger partial charge in [-0.15, -0.1) is 0 Å². The van der Waals surface area contributed by atoms with Gasteiger partial charge in [-0.25, -0.2) is 9.78 Å². The van der Waals surface area contributed by atoms with Gasteiger partial charge in [0, 0.05) is 25.7 Å². The Morgan fingerprint density at radius 3 is 2.67 bits per heavy atom. The van der Waals surface area contributed by atoms with Crippen LogP contribution in [0.5, 0.6) is 11.5 Å². The highest BCUT2D eigenvalue weighted by Crippen LogP contribution is 2.27. The van der Waals surface area contributed by atoms with E-state index in [1.54, 1.807) is 0 Å². The van der Waals surface area contributed by atoms with Crippen LogP contribution < -0.4 is 15.8 Å². The predicted molar refractivity (Wildman–Crippen MR) is 98.3 cm³/mol. The van der Waals surface area contributed by atoms with Gasteiger partial charge in [-0.3, -0.25) is 14.4 Å². The zero-order chi connectivity index (χ0) is 22.4. The zero-order valence-corrected chi connectivity index (χ0v) is 16.6. The molecule has 4 N–H and O–H groups in total. The predicted octanol–water partition coefficient (Wildman–Crippen LogP) is -1.11. The number of nitrogens with one attached hydrogen (secondary N) is 1. The van der Waals surface area contributed by atoms with Gasteiger partial charge in [0.2, 0.25) is 0 Å². The third kappa shape index (κ3) is 5.14. The molecular formula is C18H23N3O9. The zero-order valence-electron chi connectivity index (χ0n) is 16.6. The minimum absolute atomic E-state index is 0.00209. The summed E-state index contributed by atoms with van der Waals surface area (Å²) in [5.74, 6) is -4.99. The summed E-state index contributed by atoms with van der Waals surface area (Å²) >= 11 is 0. The number of methoxy groups -OCH3 is 1. The quantitative estimate of drug-likeness (QED) is 0.385. The molecular weight excluding hydrogens is 402 g/mol. The maximum absolute atomic E-state index is 12.5. The highest BCUT2D eigenvalue weighted by Gasteiger charge is 2.41. The van der Waals surface area contributed by atoms with Crippen molar-refractivity contribution in [1.82, 2.24) is 10.3 Å². The number of amides is 1. The van der Waals surface area contributed by atoms with E-state index < -0.39 is 66.0 Å². The van der Waals surface area contributed by atoms with Crippen LogP contribution in [0.4, 0.5) is 0 Å². The first-order chi connectivity index (χ1) is 14.2. The van der Waals surface area contributed by atoms with E-state index in [2.05, 4.69) is 10.3 Å². The van der Waals surface area contributed by atoms with Gasteiger partial charge < -0.3 is 35.1 Å². The fraction of sp³-hybridized carbons (Fsp3) is 0.500. The smallest absolute Gasteiger partial charge is 0.332 e. The van der Waals surface area contributed by atoms with Crippen molar-refractivity contribution in [2.75, 3.05) is 20.3 Å². The molecule has 0 spiro atoms. The number of pyridine rings is 1.